The fraction of sp³-hybridized carbons (Fsp3) is 0.435. The molecule has 1 aliphatic rings. The number of non-ortho nitro benzene ring substituents is 1. The number of amides is 1. The van der Waals surface area contributed by atoms with E-state index in [2.05, 4.69) is 28.8 Å². The van der Waals surface area contributed by atoms with E-state index < -0.39 is 14.9 Å². The Morgan fingerprint density at radius 1 is 1.15 bits per heavy atom. The number of rotatable bonds is 8. The highest BCUT2D eigenvalue weighted by Crippen LogP contribution is 2.22. The normalized spacial score (nSPS) is 19.4. The maximum atomic E-state index is 12.7. The van der Waals surface area contributed by atoms with Gasteiger partial charge in [-0.25, -0.2) is 8.42 Å². The van der Waals surface area contributed by atoms with E-state index in [1.807, 2.05) is 13.8 Å². The Morgan fingerprint density at radius 2 is 1.76 bits per heavy atom. The first-order valence-corrected chi connectivity index (χ1v) is 12.4. The Kier molecular flexibility index (Phi) is 7.59. The summed E-state index contributed by atoms with van der Waals surface area (Å²) in [5, 5.41) is 13.9. The first-order chi connectivity index (χ1) is 15.9. The van der Waals surface area contributed by atoms with Crippen molar-refractivity contribution in [3.05, 3.63) is 64.2 Å². The van der Waals surface area contributed by atoms with Gasteiger partial charge in [0.05, 0.1) is 22.0 Å². The van der Waals surface area contributed by atoms with Crippen LogP contribution in [0.5, 0.6) is 0 Å². The molecule has 1 aliphatic heterocycles. The first-order valence-electron chi connectivity index (χ1n) is 10.9. The van der Waals surface area contributed by atoms with Gasteiger partial charge in [-0.2, -0.15) is 0 Å². The summed E-state index contributed by atoms with van der Waals surface area (Å²) in [5.41, 5.74) is 0.0341. The Balaban J connectivity index is 1.62. The number of ether oxygens (including phenoxy) is 1. The topological polar surface area (TPSA) is 131 Å². The van der Waals surface area contributed by atoms with Crippen LogP contribution in [0.1, 0.15) is 38.1 Å². The van der Waals surface area contributed by atoms with Gasteiger partial charge in [0.2, 0.25) is 0 Å². The minimum absolute atomic E-state index is 0.122. The zero-order chi connectivity index (χ0) is 25.1. The molecule has 2 N–H and O–H groups in total. The van der Waals surface area contributed by atoms with E-state index in [1.165, 1.54) is 42.5 Å². The third-order valence-corrected chi connectivity index (χ3v) is 7.07. The molecule has 0 radical (unpaired) electrons. The van der Waals surface area contributed by atoms with Crippen molar-refractivity contribution in [1.82, 2.24) is 10.2 Å². The molecule has 184 valence electrons. The van der Waals surface area contributed by atoms with E-state index in [9.17, 15) is 23.3 Å². The van der Waals surface area contributed by atoms with Gasteiger partial charge in [-0.05, 0) is 58.0 Å². The zero-order valence-corrected chi connectivity index (χ0v) is 20.5. The maximum absolute atomic E-state index is 12.7. The Bertz CT molecular complexity index is 1140. The molecule has 3 rings (SSSR count). The molecule has 34 heavy (non-hydrogen) atoms. The Hall–Kier alpha value is -3.02. The van der Waals surface area contributed by atoms with E-state index in [1.54, 1.807) is 0 Å². The summed E-state index contributed by atoms with van der Waals surface area (Å²) in [4.78, 5) is 25.0. The molecule has 0 aliphatic carbocycles. The van der Waals surface area contributed by atoms with E-state index >= 15 is 0 Å². The van der Waals surface area contributed by atoms with Crippen molar-refractivity contribution < 1.29 is 22.9 Å². The van der Waals surface area contributed by atoms with Crippen LogP contribution in [0.3, 0.4) is 0 Å². The molecule has 0 saturated carbocycles. The number of carbonyl (C=O) groups excluding carboxylic acids is 1. The Labute approximate surface area is 199 Å². The lowest BCUT2D eigenvalue weighted by Gasteiger charge is -2.45. The first kappa shape index (κ1) is 25.6. The van der Waals surface area contributed by atoms with Gasteiger partial charge in [0.25, 0.3) is 21.6 Å². The molecule has 11 heteroatoms. The van der Waals surface area contributed by atoms with Crippen molar-refractivity contribution in [2.24, 2.45) is 0 Å². The fourth-order valence-electron chi connectivity index (χ4n) is 3.85. The minimum atomic E-state index is -4.02. The van der Waals surface area contributed by atoms with Crippen molar-refractivity contribution in [3.8, 4) is 0 Å². The average molecular weight is 491 g/mol. The molecule has 10 nitrogen and oxygen atoms in total. The monoisotopic (exact) mass is 490 g/mol. The van der Waals surface area contributed by atoms with Gasteiger partial charge in [0.1, 0.15) is 0 Å². The summed E-state index contributed by atoms with van der Waals surface area (Å²) in [6, 6.07) is 10.8. The lowest BCUT2D eigenvalue weighted by Crippen LogP contribution is -2.58. The molecule has 2 aromatic rings. The maximum Gasteiger partial charge on any atom is 0.270 e. The van der Waals surface area contributed by atoms with E-state index in [0.29, 0.717) is 12.1 Å². The van der Waals surface area contributed by atoms with Gasteiger partial charge in [0, 0.05) is 48.6 Å². The summed E-state index contributed by atoms with van der Waals surface area (Å²) in [5.74, 6) is -0.268. The van der Waals surface area contributed by atoms with Crippen LogP contribution in [0, 0.1) is 10.1 Å². The van der Waals surface area contributed by atoms with Crippen LogP contribution < -0.4 is 10.0 Å². The summed E-state index contributed by atoms with van der Waals surface area (Å²) < 4.78 is 33.3. The molecule has 0 unspecified atom stereocenters. The number of benzene rings is 2. The summed E-state index contributed by atoms with van der Waals surface area (Å²) in [6.07, 6.45) is 0.245. The molecule has 2 atom stereocenters. The van der Waals surface area contributed by atoms with Crippen LogP contribution in [0.25, 0.3) is 0 Å². The number of nitro benzene ring substituents is 1. The van der Waals surface area contributed by atoms with Crippen LogP contribution in [0.15, 0.2) is 53.4 Å². The van der Waals surface area contributed by atoms with Crippen molar-refractivity contribution in [2.45, 2.75) is 50.3 Å². The predicted octanol–water partition coefficient (Wildman–Crippen LogP) is 3.01. The number of hydrogen-bond acceptors (Lipinski definition) is 7. The second-order valence-corrected chi connectivity index (χ2v) is 10.8. The average Bonchev–Trinajstić information content (AvgIpc) is 2.77. The lowest BCUT2D eigenvalue weighted by molar-refractivity contribution is -0.385. The summed E-state index contributed by atoms with van der Waals surface area (Å²) >= 11 is 0. The van der Waals surface area contributed by atoms with E-state index in [0.717, 1.165) is 19.2 Å². The smallest absolute Gasteiger partial charge is 0.270 e. The van der Waals surface area contributed by atoms with Crippen molar-refractivity contribution >= 4 is 27.3 Å². The SMILES string of the molecule is C[C@H]1CN(C(C)(C)CNC(=O)c2ccc(NS(=O)(=O)c3cccc([N+](=O)[O-])c3)cc2)C[C@H](C)O1. The highest BCUT2D eigenvalue weighted by atomic mass is 32.2. The number of nitrogens with one attached hydrogen (secondary N) is 2. The van der Waals surface area contributed by atoms with Crippen LogP contribution in [0.2, 0.25) is 0 Å². The van der Waals surface area contributed by atoms with Crippen molar-refractivity contribution in [1.29, 1.82) is 0 Å². The van der Waals surface area contributed by atoms with Crippen LogP contribution >= 0.6 is 0 Å². The lowest BCUT2D eigenvalue weighted by atomic mass is 10.00. The van der Waals surface area contributed by atoms with Crippen LogP contribution in [0.4, 0.5) is 11.4 Å². The zero-order valence-electron chi connectivity index (χ0n) is 19.6. The number of carbonyl (C=O) groups is 1. The molecule has 1 amide bonds. The number of nitro groups is 1. The molecule has 0 aromatic heterocycles. The molecule has 0 bridgehead atoms. The van der Waals surface area contributed by atoms with E-state index in [4.69, 9.17) is 4.74 Å². The fourth-order valence-corrected chi connectivity index (χ4v) is 4.95. The van der Waals surface area contributed by atoms with Crippen molar-refractivity contribution in [3.63, 3.8) is 0 Å². The molecular weight excluding hydrogens is 460 g/mol. The summed E-state index contributed by atoms with van der Waals surface area (Å²) in [6.45, 7) is 10.2. The standard InChI is InChI=1S/C23H30N4O6S/c1-16-13-26(14-17(2)33-16)23(3,4)15-24-22(28)18-8-10-19(11-9-18)25-34(31,32)21-7-5-6-20(12-21)27(29)30/h5-12,16-17,25H,13-15H2,1-4H3,(H,24,28)/t16-,17-/m0/s1. The predicted molar refractivity (Wildman–Crippen MR) is 128 cm³/mol. The third kappa shape index (κ3) is 6.31. The largest absolute Gasteiger partial charge is 0.373 e. The molecule has 1 saturated heterocycles. The summed E-state index contributed by atoms with van der Waals surface area (Å²) in [7, 11) is -4.02. The third-order valence-electron chi connectivity index (χ3n) is 5.70. The van der Waals surface area contributed by atoms with Crippen LogP contribution in [-0.4, -0.2) is 61.5 Å². The molecule has 1 heterocycles. The van der Waals surface area contributed by atoms with Gasteiger partial charge in [-0.1, -0.05) is 6.07 Å². The number of anilines is 1. The number of sulfonamides is 1. The van der Waals surface area contributed by atoms with E-state index in [-0.39, 0.29) is 39.9 Å². The minimum Gasteiger partial charge on any atom is -0.373 e. The van der Waals surface area contributed by atoms with Gasteiger partial charge >= 0.3 is 0 Å². The van der Waals surface area contributed by atoms with Gasteiger partial charge in [-0.15, -0.1) is 0 Å². The quantitative estimate of drug-likeness (QED) is 0.430. The van der Waals surface area contributed by atoms with Gasteiger partial charge < -0.3 is 10.1 Å². The number of hydrogen-bond donors (Lipinski definition) is 2. The number of morpholine rings is 1. The molecule has 0 spiro atoms. The molecular formula is C23H30N4O6S. The van der Waals surface area contributed by atoms with Gasteiger partial charge in [0.15, 0.2) is 0 Å². The Morgan fingerprint density at radius 3 is 2.35 bits per heavy atom. The highest BCUT2D eigenvalue weighted by Gasteiger charge is 2.33. The number of nitrogens with zero attached hydrogens (tertiary/aromatic N) is 2. The second-order valence-electron chi connectivity index (χ2n) is 9.09. The van der Waals surface area contributed by atoms with Crippen LogP contribution in [-0.2, 0) is 14.8 Å². The molecule has 1 fully saturated rings. The highest BCUT2D eigenvalue weighted by molar-refractivity contribution is 7.92. The van der Waals surface area contributed by atoms with Crippen molar-refractivity contribution in [2.75, 3.05) is 24.4 Å². The van der Waals surface area contributed by atoms with Gasteiger partial charge in [-0.3, -0.25) is 24.5 Å². The molecule has 2 aromatic carbocycles. The second kappa shape index (κ2) is 10.1.